The summed E-state index contributed by atoms with van der Waals surface area (Å²) in [6.07, 6.45) is 0. The number of amides is 1. The van der Waals surface area contributed by atoms with Crippen LogP contribution in [0.4, 0.5) is 0 Å². The average Bonchev–Trinajstić information content (AvgIpc) is 2.46. The minimum atomic E-state index is -0.404. The zero-order chi connectivity index (χ0) is 14.5. The quantitative estimate of drug-likeness (QED) is 0.672. The van der Waals surface area contributed by atoms with Crippen molar-refractivity contribution in [1.82, 2.24) is 5.06 Å². The highest BCUT2D eigenvalue weighted by Crippen LogP contribution is 2.24. The van der Waals surface area contributed by atoms with E-state index in [0.717, 1.165) is 16.5 Å². The van der Waals surface area contributed by atoms with Gasteiger partial charge in [0.25, 0.3) is 0 Å². The van der Waals surface area contributed by atoms with Crippen molar-refractivity contribution >= 4 is 16.7 Å². The number of hydrogen-bond donors (Lipinski definition) is 1. The van der Waals surface area contributed by atoms with Gasteiger partial charge in [0, 0.05) is 6.92 Å². The van der Waals surface area contributed by atoms with Gasteiger partial charge in [-0.15, -0.1) is 0 Å². The van der Waals surface area contributed by atoms with E-state index in [1.807, 2.05) is 36.4 Å². The number of methoxy groups -OCH3 is 1. The van der Waals surface area contributed by atoms with E-state index in [2.05, 4.69) is 0 Å². The largest absolute Gasteiger partial charge is 0.497 e. The Kier molecular flexibility index (Phi) is 4.42. The molecule has 0 unspecified atom stereocenters. The average molecular weight is 275 g/mol. The molecule has 20 heavy (non-hydrogen) atoms. The number of nitrogens with zero attached hydrogens (tertiary/aromatic N) is 1. The molecule has 0 aliphatic heterocycles. The predicted octanol–water partition coefficient (Wildman–Crippen LogP) is 2.46. The summed E-state index contributed by atoms with van der Waals surface area (Å²) in [5.74, 6) is 1.10. The number of rotatable bonds is 5. The van der Waals surface area contributed by atoms with Crippen LogP contribution >= 0.6 is 0 Å². The zero-order valence-electron chi connectivity index (χ0n) is 11.5. The van der Waals surface area contributed by atoms with Crippen LogP contribution in [0.1, 0.15) is 6.92 Å². The highest BCUT2D eigenvalue weighted by Gasteiger charge is 2.04. The van der Waals surface area contributed by atoms with E-state index in [9.17, 15) is 10.0 Å². The first-order valence-corrected chi connectivity index (χ1v) is 6.28. The fourth-order valence-corrected chi connectivity index (χ4v) is 1.83. The van der Waals surface area contributed by atoms with E-state index in [1.165, 1.54) is 6.92 Å². The number of hydroxylamine groups is 2. The molecule has 0 aromatic heterocycles. The minimum absolute atomic E-state index is 0.135. The molecule has 0 radical (unpaired) electrons. The molecule has 0 spiro atoms. The van der Waals surface area contributed by atoms with Crippen LogP contribution in [0.5, 0.6) is 11.5 Å². The van der Waals surface area contributed by atoms with Crippen molar-refractivity contribution in [2.75, 3.05) is 20.3 Å². The Morgan fingerprint density at radius 2 is 1.75 bits per heavy atom. The molecule has 0 saturated carbocycles. The first kappa shape index (κ1) is 14.1. The summed E-state index contributed by atoms with van der Waals surface area (Å²) in [5.41, 5.74) is 0. The van der Waals surface area contributed by atoms with Gasteiger partial charge in [-0.05, 0) is 35.0 Å². The third-order valence-corrected chi connectivity index (χ3v) is 2.95. The first-order chi connectivity index (χ1) is 9.60. The highest BCUT2D eigenvalue weighted by atomic mass is 16.5. The number of hydrogen-bond acceptors (Lipinski definition) is 4. The normalized spacial score (nSPS) is 10.3. The summed E-state index contributed by atoms with van der Waals surface area (Å²) in [4.78, 5) is 10.8. The summed E-state index contributed by atoms with van der Waals surface area (Å²) in [7, 11) is 1.63. The Morgan fingerprint density at radius 3 is 2.35 bits per heavy atom. The summed E-state index contributed by atoms with van der Waals surface area (Å²) >= 11 is 0. The standard InChI is InChI=1S/C15H17NO4/c1-11(17)16(18)7-8-20-15-6-4-12-9-14(19-2)5-3-13(12)10-15/h3-6,9-10,18H,7-8H2,1-2H3. The topological polar surface area (TPSA) is 59.0 Å². The van der Waals surface area contributed by atoms with Gasteiger partial charge in [-0.3, -0.25) is 10.0 Å². The minimum Gasteiger partial charge on any atom is -0.497 e. The number of carbonyl (C=O) groups excluding carboxylic acids is 1. The maximum absolute atomic E-state index is 10.8. The molecule has 0 bridgehead atoms. The van der Waals surface area contributed by atoms with Gasteiger partial charge in [-0.25, -0.2) is 5.06 Å². The predicted molar refractivity (Wildman–Crippen MR) is 75.2 cm³/mol. The summed E-state index contributed by atoms with van der Waals surface area (Å²) in [5, 5.41) is 12.0. The van der Waals surface area contributed by atoms with Crippen LogP contribution in [-0.2, 0) is 4.79 Å². The lowest BCUT2D eigenvalue weighted by Gasteiger charge is -2.13. The third kappa shape index (κ3) is 3.39. The monoisotopic (exact) mass is 275 g/mol. The van der Waals surface area contributed by atoms with E-state index in [-0.39, 0.29) is 13.2 Å². The maximum atomic E-state index is 10.8. The second-order valence-electron chi connectivity index (χ2n) is 4.37. The van der Waals surface area contributed by atoms with Crippen LogP contribution in [0.2, 0.25) is 0 Å². The highest BCUT2D eigenvalue weighted by molar-refractivity contribution is 5.85. The SMILES string of the molecule is COc1ccc2cc(OCCN(O)C(C)=O)ccc2c1. The van der Waals surface area contributed by atoms with Crippen molar-refractivity contribution in [3.63, 3.8) is 0 Å². The van der Waals surface area contributed by atoms with Crippen molar-refractivity contribution in [3.8, 4) is 11.5 Å². The number of ether oxygens (including phenoxy) is 2. The van der Waals surface area contributed by atoms with E-state index >= 15 is 0 Å². The Labute approximate surface area is 117 Å². The van der Waals surface area contributed by atoms with Gasteiger partial charge in [0.2, 0.25) is 5.91 Å². The lowest BCUT2D eigenvalue weighted by Crippen LogP contribution is -2.29. The number of fused-ring (bicyclic) bond motifs is 1. The van der Waals surface area contributed by atoms with Gasteiger partial charge < -0.3 is 9.47 Å². The van der Waals surface area contributed by atoms with Crippen molar-refractivity contribution in [2.24, 2.45) is 0 Å². The molecule has 2 rings (SSSR count). The summed E-state index contributed by atoms with van der Waals surface area (Å²) in [6.45, 7) is 1.66. The van der Waals surface area contributed by atoms with Crippen LogP contribution in [0.15, 0.2) is 36.4 Å². The van der Waals surface area contributed by atoms with E-state index in [4.69, 9.17) is 9.47 Å². The molecule has 5 nitrogen and oxygen atoms in total. The van der Waals surface area contributed by atoms with E-state index < -0.39 is 5.91 Å². The van der Waals surface area contributed by atoms with Gasteiger partial charge >= 0.3 is 0 Å². The van der Waals surface area contributed by atoms with Gasteiger partial charge in [-0.1, -0.05) is 12.1 Å². The fraction of sp³-hybridized carbons (Fsp3) is 0.267. The molecule has 0 aliphatic rings. The van der Waals surface area contributed by atoms with Crippen LogP contribution in [-0.4, -0.2) is 36.4 Å². The Hall–Kier alpha value is -2.27. The lowest BCUT2D eigenvalue weighted by atomic mass is 10.1. The Balaban J connectivity index is 2.03. The third-order valence-electron chi connectivity index (χ3n) is 2.95. The smallest absolute Gasteiger partial charge is 0.242 e. The molecule has 0 heterocycles. The van der Waals surface area contributed by atoms with Crippen molar-refractivity contribution in [1.29, 1.82) is 0 Å². The molecule has 1 amide bonds. The molecular weight excluding hydrogens is 258 g/mol. The number of carbonyl (C=O) groups is 1. The van der Waals surface area contributed by atoms with Crippen LogP contribution in [0.3, 0.4) is 0 Å². The molecule has 106 valence electrons. The molecule has 0 fully saturated rings. The van der Waals surface area contributed by atoms with Crippen molar-refractivity contribution < 1.29 is 19.5 Å². The Morgan fingerprint density at radius 1 is 1.15 bits per heavy atom. The molecular formula is C15H17NO4. The molecule has 0 saturated heterocycles. The van der Waals surface area contributed by atoms with Crippen LogP contribution in [0, 0.1) is 0 Å². The summed E-state index contributed by atoms with van der Waals surface area (Å²) < 4.78 is 10.7. The van der Waals surface area contributed by atoms with Crippen LogP contribution < -0.4 is 9.47 Å². The molecule has 2 aromatic carbocycles. The maximum Gasteiger partial charge on any atom is 0.242 e. The van der Waals surface area contributed by atoms with Crippen molar-refractivity contribution in [3.05, 3.63) is 36.4 Å². The van der Waals surface area contributed by atoms with Gasteiger partial charge in [-0.2, -0.15) is 0 Å². The molecule has 5 heteroatoms. The molecule has 0 atom stereocenters. The molecule has 0 aliphatic carbocycles. The van der Waals surface area contributed by atoms with Crippen molar-refractivity contribution in [2.45, 2.75) is 6.92 Å². The van der Waals surface area contributed by atoms with E-state index in [0.29, 0.717) is 10.8 Å². The Bertz CT molecular complexity index is 612. The van der Waals surface area contributed by atoms with Crippen LogP contribution in [0.25, 0.3) is 10.8 Å². The molecule has 2 aromatic rings. The lowest BCUT2D eigenvalue weighted by molar-refractivity contribution is -0.163. The molecule has 1 N–H and O–H groups in total. The second-order valence-corrected chi connectivity index (χ2v) is 4.37. The van der Waals surface area contributed by atoms with Gasteiger partial charge in [0.15, 0.2) is 0 Å². The summed E-state index contributed by atoms with van der Waals surface area (Å²) in [6, 6.07) is 11.5. The number of benzene rings is 2. The first-order valence-electron chi connectivity index (χ1n) is 6.28. The second kappa shape index (κ2) is 6.25. The van der Waals surface area contributed by atoms with Gasteiger partial charge in [0.05, 0.1) is 13.7 Å². The zero-order valence-corrected chi connectivity index (χ0v) is 11.5. The fourth-order valence-electron chi connectivity index (χ4n) is 1.83. The van der Waals surface area contributed by atoms with E-state index in [1.54, 1.807) is 7.11 Å². The van der Waals surface area contributed by atoms with Gasteiger partial charge in [0.1, 0.15) is 18.1 Å².